The molecule has 0 radical (unpaired) electrons. The van der Waals surface area contributed by atoms with Crippen LogP contribution in [0.4, 0.5) is 14.5 Å². The number of hydrogen-bond donors (Lipinski definition) is 1. The molecule has 0 atom stereocenters. The number of hydrogen-bond acceptors (Lipinski definition) is 3. The van der Waals surface area contributed by atoms with Crippen LogP contribution in [0.5, 0.6) is 0 Å². The van der Waals surface area contributed by atoms with Gasteiger partial charge in [-0.05, 0) is 29.0 Å². The van der Waals surface area contributed by atoms with E-state index in [1.54, 1.807) is 17.6 Å². The van der Waals surface area contributed by atoms with Gasteiger partial charge in [-0.2, -0.15) is 16.4 Å². The van der Waals surface area contributed by atoms with E-state index in [1.165, 1.54) is 12.1 Å². The molecule has 0 fully saturated rings. The molecule has 0 aliphatic heterocycles. The van der Waals surface area contributed by atoms with Gasteiger partial charge in [0, 0.05) is 11.6 Å². The van der Waals surface area contributed by atoms with Crippen LogP contribution < -0.4 is 5.43 Å². The molecule has 0 bridgehead atoms. The highest BCUT2D eigenvalue weighted by Crippen LogP contribution is 2.14. The van der Waals surface area contributed by atoms with E-state index in [9.17, 15) is 8.78 Å². The van der Waals surface area contributed by atoms with Crippen LogP contribution in [-0.2, 0) is 0 Å². The van der Waals surface area contributed by atoms with E-state index in [2.05, 4.69) is 10.5 Å². The summed E-state index contributed by atoms with van der Waals surface area (Å²) in [6, 6.07) is 5.17. The normalized spacial score (nSPS) is 10.9. The van der Waals surface area contributed by atoms with Crippen molar-refractivity contribution >= 4 is 23.2 Å². The van der Waals surface area contributed by atoms with Crippen LogP contribution in [-0.4, -0.2) is 6.21 Å². The molecular formula is C11H8F2N2S. The largest absolute Gasteiger partial charge is 0.276 e. The van der Waals surface area contributed by atoms with Crippen molar-refractivity contribution in [2.24, 2.45) is 5.10 Å². The van der Waals surface area contributed by atoms with Crippen LogP contribution >= 0.6 is 11.3 Å². The minimum atomic E-state index is -0.664. The molecule has 0 amide bonds. The molecular weight excluding hydrogens is 230 g/mol. The summed E-state index contributed by atoms with van der Waals surface area (Å²) >= 11 is 1.55. The average Bonchev–Trinajstić information content (AvgIpc) is 2.74. The molecule has 0 spiro atoms. The highest BCUT2D eigenvalue weighted by atomic mass is 32.1. The summed E-state index contributed by atoms with van der Waals surface area (Å²) in [7, 11) is 0. The highest BCUT2D eigenvalue weighted by molar-refractivity contribution is 7.08. The minimum absolute atomic E-state index is 0.146. The maximum Gasteiger partial charge on any atom is 0.151 e. The van der Waals surface area contributed by atoms with Crippen molar-refractivity contribution in [1.82, 2.24) is 0 Å². The van der Waals surface area contributed by atoms with E-state index in [1.807, 2.05) is 16.8 Å². The predicted octanol–water partition coefficient (Wildman–Crippen LogP) is 3.47. The number of benzene rings is 1. The molecule has 1 aromatic carbocycles. The Labute approximate surface area is 95.2 Å². The van der Waals surface area contributed by atoms with Gasteiger partial charge in [-0.25, -0.2) is 8.78 Å². The van der Waals surface area contributed by atoms with Gasteiger partial charge in [0.2, 0.25) is 0 Å². The molecule has 1 N–H and O–H groups in total. The van der Waals surface area contributed by atoms with Crippen LogP contribution in [0, 0.1) is 11.6 Å². The van der Waals surface area contributed by atoms with Crippen molar-refractivity contribution < 1.29 is 8.78 Å². The zero-order valence-electron chi connectivity index (χ0n) is 8.15. The Kier molecular flexibility index (Phi) is 3.26. The van der Waals surface area contributed by atoms with Crippen molar-refractivity contribution in [3.63, 3.8) is 0 Å². The van der Waals surface area contributed by atoms with Gasteiger partial charge in [-0.15, -0.1) is 0 Å². The number of hydrazone groups is 1. The molecule has 0 unspecified atom stereocenters. The Morgan fingerprint density at radius 1 is 1.25 bits per heavy atom. The number of nitrogens with one attached hydrogen (secondary N) is 1. The van der Waals surface area contributed by atoms with Gasteiger partial charge in [-0.3, -0.25) is 5.43 Å². The van der Waals surface area contributed by atoms with Gasteiger partial charge in [-0.1, -0.05) is 0 Å². The number of rotatable bonds is 3. The van der Waals surface area contributed by atoms with Crippen molar-refractivity contribution in [2.45, 2.75) is 0 Å². The minimum Gasteiger partial charge on any atom is -0.276 e. The summed E-state index contributed by atoms with van der Waals surface area (Å²) in [5.74, 6) is -1.27. The summed E-state index contributed by atoms with van der Waals surface area (Å²) < 4.78 is 25.7. The lowest BCUT2D eigenvalue weighted by Gasteiger charge is -2.00. The third-order valence-corrected chi connectivity index (χ3v) is 2.57. The van der Waals surface area contributed by atoms with Crippen LogP contribution in [0.25, 0.3) is 0 Å². The summed E-state index contributed by atoms with van der Waals surface area (Å²) in [4.78, 5) is 0. The molecule has 2 rings (SSSR count). The van der Waals surface area contributed by atoms with Crippen molar-refractivity contribution in [3.8, 4) is 0 Å². The fourth-order valence-corrected chi connectivity index (χ4v) is 1.72. The molecule has 2 nitrogen and oxygen atoms in total. The quantitative estimate of drug-likeness (QED) is 0.642. The summed E-state index contributed by atoms with van der Waals surface area (Å²) in [6.45, 7) is 0. The number of anilines is 1. The standard InChI is InChI=1S/C11H8F2N2S/c12-9-1-2-11(10(13)5-9)15-14-6-8-3-4-16-7-8/h1-7,15H/b14-6-. The van der Waals surface area contributed by atoms with E-state index in [0.29, 0.717) is 0 Å². The summed E-state index contributed by atoms with van der Waals surface area (Å²) in [6.07, 6.45) is 1.57. The van der Waals surface area contributed by atoms with Crippen molar-refractivity contribution in [1.29, 1.82) is 0 Å². The van der Waals surface area contributed by atoms with Gasteiger partial charge in [0.1, 0.15) is 5.82 Å². The van der Waals surface area contributed by atoms with E-state index >= 15 is 0 Å². The van der Waals surface area contributed by atoms with Gasteiger partial charge in [0.05, 0.1) is 11.9 Å². The van der Waals surface area contributed by atoms with Gasteiger partial charge < -0.3 is 0 Å². The lowest BCUT2D eigenvalue weighted by Crippen LogP contribution is -1.93. The molecule has 1 heterocycles. The van der Waals surface area contributed by atoms with Gasteiger partial charge in [0.25, 0.3) is 0 Å². The van der Waals surface area contributed by atoms with E-state index < -0.39 is 11.6 Å². The number of nitrogens with zero attached hydrogens (tertiary/aromatic N) is 1. The summed E-state index contributed by atoms with van der Waals surface area (Å²) in [5.41, 5.74) is 3.59. The molecule has 0 aliphatic carbocycles. The van der Waals surface area contributed by atoms with Gasteiger partial charge in [0.15, 0.2) is 5.82 Å². The topological polar surface area (TPSA) is 24.4 Å². The molecule has 5 heteroatoms. The third-order valence-electron chi connectivity index (χ3n) is 1.87. The monoisotopic (exact) mass is 238 g/mol. The van der Waals surface area contributed by atoms with Crippen LogP contribution in [0.15, 0.2) is 40.1 Å². The lowest BCUT2D eigenvalue weighted by atomic mass is 10.3. The van der Waals surface area contributed by atoms with Crippen molar-refractivity contribution in [2.75, 3.05) is 5.43 Å². The molecule has 16 heavy (non-hydrogen) atoms. The fourth-order valence-electron chi connectivity index (χ4n) is 1.10. The van der Waals surface area contributed by atoms with E-state index in [4.69, 9.17) is 0 Å². The Hall–Kier alpha value is -1.75. The molecule has 0 saturated heterocycles. The van der Waals surface area contributed by atoms with E-state index in [0.717, 1.165) is 11.6 Å². The Balaban J connectivity index is 2.05. The number of thiophene rings is 1. The molecule has 0 aliphatic rings. The highest BCUT2D eigenvalue weighted by Gasteiger charge is 2.01. The molecule has 1 aromatic heterocycles. The van der Waals surface area contributed by atoms with Crippen LogP contribution in [0.3, 0.4) is 0 Å². The second kappa shape index (κ2) is 4.85. The first-order valence-electron chi connectivity index (χ1n) is 4.52. The number of halogens is 2. The second-order valence-electron chi connectivity index (χ2n) is 3.05. The Bertz CT molecular complexity index is 495. The average molecular weight is 238 g/mol. The summed E-state index contributed by atoms with van der Waals surface area (Å²) in [5, 5.41) is 7.67. The third kappa shape index (κ3) is 2.64. The second-order valence-corrected chi connectivity index (χ2v) is 3.83. The first kappa shape index (κ1) is 10.8. The predicted molar refractivity (Wildman–Crippen MR) is 61.9 cm³/mol. The molecule has 82 valence electrons. The zero-order valence-corrected chi connectivity index (χ0v) is 8.97. The lowest BCUT2D eigenvalue weighted by molar-refractivity contribution is 0.585. The fraction of sp³-hybridized carbons (Fsp3) is 0. The first-order chi connectivity index (χ1) is 7.75. The molecule has 2 aromatic rings. The first-order valence-corrected chi connectivity index (χ1v) is 5.46. The SMILES string of the molecule is Fc1ccc(N/N=C\c2ccsc2)c(F)c1. The van der Waals surface area contributed by atoms with E-state index in [-0.39, 0.29) is 5.69 Å². The van der Waals surface area contributed by atoms with Crippen LogP contribution in [0.2, 0.25) is 0 Å². The Morgan fingerprint density at radius 2 is 2.12 bits per heavy atom. The maximum absolute atomic E-state index is 13.1. The van der Waals surface area contributed by atoms with Crippen LogP contribution in [0.1, 0.15) is 5.56 Å². The zero-order chi connectivity index (χ0) is 11.4. The molecule has 0 saturated carbocycles. The smallest absolute Gasteiger partial charge is 0.151 e. The van der Waals surface area contributed by atoms with Gasteiger partial charge >= 0.3 is 0 Å². The van der Waals surface area contributed by atoms with Crippen molar-refractivity contribution in [3.05, 3.63) is 52.2 Å². The maximum atomic E-state index is 13.1. The Morgan fingerprint density at radius 3 is 2.81 bits per heavy atom.